The van der Waals surface area contributed by atoms with Crippen molar-refractivity contribution < 1.29 is 4.79 Å². The molecule has 0 aromatic rings. The van der Waals surface area contributed by atoms with Gasteiger partial charge in [0.25, 0.3) is 0 Å². The Hall–Kier alpha value is -0.220. The van der Waals surface area contributed by atoms with Crippen LogP contribution >= 0.6 is 11.8 Å². The van der Waals surface area contributed by atoms with Gasteiger partial charge >= 0.3 is 0 Å². The van der Waals surface area contributed by atoms with E-state index in [0.717, 1.165) is 30.9 Å². The minimum atomic E-state index is 0.178. The van der Waals surface area contributed by atoms with E-state index in [1.165, 1.54) is 25.7 Å². The third-order valence-corrected chi connectivity index (χ3v) is 6.04. The van der Waals surface area contributed by atoms with Gasteiger partial charge in [-0.15, -0.1) is 0 Å². The third kappa shape index (κ3) is 4.12. The van der Waals surface area contributed by atoms with Crippen LogP contribution < -0.4 is 11.1 Å². The van der Waals surface area contributed by atoms with Crippen LogP contribution in [0.25, 0.3) is 0 Å². The number of carbonyl (C=O) groups is 1. The van der Waals surface area contributed by atoms with Gasteiger partial charge in [0.2, 0.25) is 5.91 Å². The van der Waals surface area contributed by atoms with E-state index in [2.05, 4.69) is 11.6 Å². The highest BCUT2D eigenvalue weighted by molar-refractivity contribution is 7.99. The second kappa shape index (κ2) is 7.53. The van der Waals surface area contributed by atoms with E-state index in [1.807, 2.05) is 11.8 Å². The van der Waals surface area contributed by atoms with E-state index in [0.29, 0.717) is 18.5 Å². The van der Waals surface area contributed by atoms with Crippen molar-refractivity contribution in [1.82, 2.24) is 5.32 Å². The molecule has 2 rings (SSSR count). The number of amides is 1. The summed E-state index contributed by atoms with van der Waals surface area (Å²) in [5.74, 6) is 0.871. The first kappa shape index (κ1) is 15.2. The molecular weight excluding hydrogens is 256 g/mol. The Bertz CT molecular complexity index is 290. The minimum absolute atomic E-state index is 0.178. The van der Waals surface area contributed by atoms with E-state index >= 15 is 0 Å². The fourth-order valence-electron chi connectivity index (χ4n) is 3.59. The lowest BCUT2D eigenvalue weighted by molar-refractivity contribution is -0.128. The first-order chi connectivity index (χ1) is 9.24. The molecule has 110 valence electrons. The van der Waals surface area contributed by atoms with E-state index in [9.17, 15) is 4.79 Å². The molecule has 19 heavy (non-hydrogen) atoms. The van der Waals surface area contributed by atoms with E-state index in [1.54, 1.807) is 0 Å². The molecule has 0 aromatic carbocycles. The zero-order valence-corrected chi connectivity index (χ0v) is 12.9. The number of rotatable bonds is 4. The predicted molar refractivity (Wildman–Crippen MR) is 82.2 cm³/mol. The van der Waals surface area contributed by atoms with Crippen molar-refractivity contribution in [2.75, 3.05) is 12.8 Å². The van der Waals surface area contributed by atoms with Crippen LogP contribution in [-0.2, 0) is 4.79 Å². The van der Waals surface area contributed by atoms with Crippen LogP contribution in [0.5, 0.6) is 0 Å². The van der Waals surface area contributed by atoms with Gasteiger partial charge in [-0.25, -0.2) is 0 Å². The van der Waals surface area contributed by atoms with Gasteiger partial charge in [0.1, 0.15) is 0 Å². The molecule has 3 N–H and O–H groups in total. The van der Waals surface area contributed by atoms with Gasteiger partial charge in [0.05, 0.1) is 0 Å². The summed E-state index contributed by atoms with van der Waals surface area (Å²) >= 11 is 1.97. The summed E-state index contributed by atoms with van der Waals surface area (Å²) < 4.78 is 0. The monoisotopic (exact) mass is 284 g/mol. The van der Waals surface area contributed by atoms with Crippen molar-refractivity contribution in [2.45, 2.75) is 62.7 Å². The van der Waals surface area contributed by atoms with Crippen LogP contribution in [0.1, 0.15) is 51.4 Å². The molecule has 2 unspecified atom stereocenters. The Kier molecular flexibility index (Phi) is 6.02. The Balaban J connectivity index is 1.80. The number of nitrogens with one attached hydrogen (secondary N) is 1. The third-order valence-electron chi connectivity index (χ3n) is 4.90. The van der Waals surface area contributed by atoms with Crippen molar-refractivity contribution in [3.8, 4) is 0 Å². The highest BCUT2D eigenvalue weighted by atomic mass is 32.2. The standard InChI is InChI=1S/C15H28N2OS/c1-19-13-8-6-12(7-9-13)17-15(18)14-5-3-2-4-11(14)10-16/h11-14H,2-10,16H2,1H3,(H,17,18). The first-order valence-corrected chi connectivity index (χ1v) is 9.06. The molecular formula is C15H28N2OS. The van der Waals surface area contributed by atoms with Crippen LogP contribution in [-0.4, -0.2) is 30.0 Å². The molecule has 2 fully saturated rings. The van der Waals surface area contributed by atoms with E-state index in [-0.39, 0.29) is 11.8 Å². The van der Waals surface area contributed by atoms with Gasteiger partial charge in [-0.05, 0) is 57.2 Å². The highest BCUT2D eigenvalue weighted by Gasteiger charge is 2.31. The Morgan fingerprint density at radius 3 is 2.47 bits per heavy atom. The number of nitrogens with two attached hydrogens (primary N) is 1. The van der Waals surface area contributed by atoms with E-state index in [4.69, 9.17) is 5.73 Å². The summed E-state index contributed by atoms with van der Waals surface area (Å²) in [6.45, 7) is 0.664. The van der Waals surface area contributed by atoms with Crippen molar-refractivity contribution >= 4 is 17.7 Å². The molecule has 0 aromatic heterocycles. The van der Waals surface area contributed by atoms with Crippen LogP contribution in [0.4, 0.5) is 0 Å². The second-order valence-electron chi connectivity index (χ2n) is 6.10. The zero-order chi connectivity index (χ0) is 13.7. The highest BCUT2D eigenvalue weighted by Crippen LogP contribution is 2.31. The molecule has 0 bridgehead atoms. The summed E-state index contributed by atoms with van der Waals surface area (Å²) in [4.78, 5) is 12.4. The smallest absolute Gasteiger partial charge is 0.223 e. The lowest BCUT2D eigenvalue weighted by Crippen LogP contribution is -2.45. The molecule has 0 heterocycles. The fourth-order valence-corrected chi connectivity index (χ4v) is 4.33. The molecule has 0 saturated heterocycles. The molecule has 0 spiro atoms. The summed E-state index contributed by atoms with van der Waals surface area (Å²) in [6, 6.07) is 0.413. The Labute approximate surface area is 121 Å². The average molecular weight is 284 g/mol. The normalized spacial score (nSPS) is 35.9. The lowest BCUT2D eigenvalue weighted by Gasteiger charge is -2.33. The number of thioether (sulfide) groups is 1. The summed E-state index contributed by atoms with van der Waals surface area (Å²) in [6.07, 6.45) is 11.6. The van der Waals surface area contributed by atoms with E-state index < -0.39 is 0 Å². The zero-order valence-electron chi connectivity index (χ0n) is 12.1. The minimum Gasteiger partial charge on any atom is -0.353 e. The fraction of sp³-hybridized carbons (Fsp3) is 0.933. The van der Waals surface area contributed by atoms with Gasteiger partial charge in [-0.2, -0.15) is 11.8 Å². The van der Waals surface area contributed by atoms with Crippen molar-refractivity contribution in [3.05, 3.63) is 0 Å². The number of hydrogen-bond acceptors (Lipinski definition) is 3. The quantitative estimate of drug-likeness (QED) is 0.834. The van der Waals surface area contributed by atoms with Gasteiger partial charge in [0, 0.05) is 17.2 Å². The first-order valence-electron chi connectivity index (χ1n) is 7.77. The number of carbonyl (C=O) groups excluding carboxylic acids is 1. The second-order valence-corrected chi connectivity index (χ2v) is 7.24. The molecule has 2 aliphatic rings. The summed E-state index contributed by atoms with van der Waals surface area (Å²) in [5.41, 5.74) is 5.82. The Morgan fingerprint density at radius 1 is 1.16 bits per heavy atom. The maximum absolute atomic E-state index is 12.4. The van der Waals surface area contributed by atoms with Crippen molar-refractivity contribution in [1.29, 1.82) is 0 Å². The lowest BCUT2D eigenvalue weighted by atomic mass is 9.78. The van der Waals surface area contributed by atoms with Crippen molar-refractivity contribution in [3.63, 3.8) is 0 Å². The molecule has 0 aliphatic heterocycles. The maximum atomic E-state index is 12.4. The van der Waals surface area contributed by atoms with Crippen molar-refractivity contribution in [2.24, 2.45) is 17.6 Å². The van der Waals surface area contributed by atoms with Crippen LogP contribution in [0.15, 0.2) is 0 Å². The predicted octanol–water partition coefficient (Wildman–Crippen LogP) is 2.54. The van der Waals surface area contributed by atoms with Crippen LogP contribution in [0.2, 0.25) is 0 Å². The molecule has 1 amide bonds. The molecule has 4 heteroatoms. The molecule has 2 saturated carbocycles. The van der Waals surface area contributed by atoms with Crippen LogP contribution in [0.3, 0.4) is 0 Å². The largest absolute Gasteiger partial charge is 0.353 e. The summed E-state index contributed by atoms with van der Waals surface area (Å²) in [5, 5.41) is 4.10. The van der Waals surface area contributed by atoms with Crippen LogP contribution in [0, 0.1) is 11.8 Å². The topological polar surface area (TPSA) is 55.1 Å². The van der Waals surface area contributed by atoms with Gasteiger partial charge < -0.3 is 11.1 Å². The molecule has 2 atom stereocenters. The number of hydrogen-bond donors (Lipinski definition) is 2. The average Bonchev–Trinajstić information content (AvgIpc) is 2.48. The SMILES string of the molecule is CSC1CCC(NC(=O)C2CCCCC2CN)CC1. The molecule has 3 nitrogen and oxygen atoms in total. The molecule has 2 aliphatic carbocycles. The van der Waals surface area contributed by atoms with Gasteiger partial charge in [-0.1, -0.05) is 12.8 Å². The molecule has 0 radical (unpaired) electrons. The maximum Gasteiger partial charge on any atom is 0.223 e. The summed E-state index contributed by atoms with van der Waals surface area (Å²) in [7, 11) is 0. The Morgan fingerprint density at radius 2 is 1.84 bits per heavy atom. The van der Waals surface area contributed by atoms with Gasteiger partial charge in [-0.3, -0.25) is 4.79 Å². The van der Waals surface area contributed by atoms with Gasteiger partial charge in [0.15, 0.2) is 0 Å².